The molecule has 0 aliphatic carbocycles. The van der Waals surface area contributed by atoms with E-state index in [2.05, 4.69) is 10.6 Å². The van der Waals surface area contributed by atoms with Gasteiger partial charge in [-0.25, -0.2) is 9.59 Å². The SMILES string of the molecule is COCC(C)=C(C(=O)OC(c1ccccc1)c1ccccc1)N1CC(NC(=O)C(NC(=O)OC(C)(C)C)c2ccc(O)cc2)C1=O. The molecule has 1 saturated heterocycles. The molecule has 3 amide bonds. The van der Waals surface area contributed by atoms with E-state index < -0.39 is 47.7 Å². The van der Waals surface area contributed by atoms with Crippen LogP contribution in [-0.2, 0) is 28.6 Å². The molecule has 11 heteroatoms. The lowest BCUT2D eigenvalue weighted by Crippen LogP contribution is -2.65. The van der Waals surface area contributed by atoms with Crippen LogP contribution in [0.2, 0.25) is 0 Å². The Kier molecular flexibility index (Phi) is 10.8. The summed E-state index contributed by atoms with van der Waals surface area (Å²) in [5.74, 6) is -1.96. The minimum Gasteiger partial charge on any atom is -0.508 e. The molecule has 2 unspecified atom stereocenters. The molecule has 3 aromatic rings. The Morgan fingerprint density at radius 3 is 1.98 bits per heavy atom. The van der Waals surface area contributed by atoms with E-state index in [1.807, 2.05) is 60.7 Å². The van der Waals surface area contributed by atoms with Crippen molar-refractivity contribution in [2.45, 2.75) is 51.5 Å². The van der Waals surface area contributed by atoms with E-state index in [4.69, 9.17) is 14.2 Å². The number of carbonyl (C=O) groups excluding carboxylic acids is 4. The molecule has 0 saturated carbocycles. The number of phenols is 1. The zero-order chi connectivity index (χ0) is 33.4. The molecule has 11 nitrogen and oxygen atoms in total. The first-order valence-corrected chi connectivity index (χ1v) is 14.8. The summed E-state index contributed by atoms with van der Waals surface area (Å²) in [5.41, 5.74) is 1.54. The number of benzene rings is 3. The molecule has 0 spiro atoms. The van der Waals surface area contributed by atoms with E-state index >= 15 is 0 Å². The third-order valence-corrected chi connectivity index (χ3v) is 7.05. The lowest BCUT2D eigenvalue weighted by atomic mass is 10.0. The summed E-state index contributed by atoms with van der Waals surface area (Å²) in [6.07, 6.45) is -1.58. The summed E-state index contributed by atoms with van der Waals surface area (Å²) >= 11 is 0. The number of nitrogens with zero attached hydrogens (tertiary/aromatic N) is 1. The van der Waals surface area contributed by atoms with Crippen molar-refractivity contribution >= 4 is 23.9 Å². The van der Waals surface area contributed by atoms with E-state index in [0.29, 0.717) is 11.1 Å². The molecule has 2 atom stereocenters. The number of rotatable bonds is 11. The maximum absolute atomic E-state index is 13.8. The number of amides is 3. The van der Waals surface area contributed by atoms with E-state index in [1.54, 1.807) is 27.7 Å². The third-order valence-electron chi connectivity index (χ3n) is 7.05. The predicted molar refractivity (Wildman–Crippen MR) is 169 cm³/mol. The molecule has 1 aliphatic heterocycles. The second-order valence-corrected chi connectivity index (χ2v) is 11.8. The first-order valence-electron chi connectivity index (χ1n) is 14.8. The van der Waals surface area contributed by atoms with Gasteiger partial charge in [0.2, 0.25) is 5.91 Å². The highest BCUT2D eigenvalue weighted by Crippen LogP contribution is 2.30. The lowest BCUT2D eigenvalue weighted by Gasteiger charge is -2.40. The first-order chi connectivity index (χ1) is 21.9. The van der Waals surface area contributed by atoms with Gasteiger partial charge in [0, 0.05) is 7.11 Å². The standard InChI is InChI=1S/C35H39N3O8/c1-22(21-44-5)29(33(42)45-30(24-12-8-6-9-13-24)25-14-10-7-11-15-25)38-20-27(32(38)41)36-31(40)28(23-16-18-26(39)19-17-23)37-34(43)46-35(2,3)4/h6-19,27-28,30,39H,20-21H2,1-5H3,(H,36,40)(H,37,43). The largest absolute Gasteiger partial charge is 0.508 e. The number of esters is 1. The fourth-order valence-electron chi connectivity index (χ4n) is 4.93. The zero-order valence-electron chi connectivity index (χ0n) is 26.5. The molecule has 4 rings (SSSR count). The van der Waals surface area contributed by atoms with Gasteiger partial charge in [-0.05, 0) is 62.1 Å². The number of alkyl carbamates (subject to hydrolysis) is 1. The monoisotopic (exact) mass is 629 g/mol. The van der Waals surface area contributed by atoms with Crippen LogP contribution in [0.25, 0.3) is 0 Å². The number of carbonyl (C=O) groups is 4. The summed E-state index contributed by atoms with van der Waals surface area (Å²) < 4.78 is 16.6. The van der Waals surface area contributed by atoms with E-state index in [-0.39, 0.29) is 24.6 Å². The molecule has 242 valence electrons. The summed E-state index contributed by atoms with van der Waals surface area (Å²) in [5, 5.41) is 14.9. The highest BCUT2D eigenvalue weighted by atomic mass is 16.6. The van der Waals surface area contributed by atoms with Gasteiger partial charge in [0.1, 0.15) is 29.1 Å². The molecule has 3 aromatic carbocycles. The average Bonchev–Trinajstić information content (AvgIpc) is 3.02. The minimum atomic E-state index is -1.23. The number of hydrogen-bond donors (Lipinski definition) is 3. The quantitative estimate of drug-likeness (QED) is 0.159. The first kappa shape index (κ1) is 33.7. The highest BCUT2D eigenvalue weighted by Gasteiger charge is 2.44. The van der Waals surface area contributed by atoms with E-state index in [0.717, 1.165) is 11.1 Å². The number of nitrogens with one attached hydrogen (secondary N) is 2. The van der Waals surface area contributed by atoms with Gasteiger partial charge in [-0.3, -0.25) is 9.59 Å². The van der Waals surface area contributed by atoms with Crippen LogP contribution in [0.1, 0.15) is 56.5 Å². The molecule has 0 bridgehead atoms. The summed E-state index contributed by atoms with van der Waals surface area (Å²) in [4.78, 5) is 54.5. The van der Waals surface area contributed by atoms with Gasteiger partial charge in [0.25, 0.3) is 5.91 Å². The van der Waals surface area contributed by atoms with Crippen molar-refractivity contribution < 1.29 is 38.5 Å². The molecule has 3 N–H and O–H groups in total. The summed E-state index contributed by atoms with van der Waals surface area (Å²) in [7, 11) is 1.48. The maximum Gasteiger partial charge on any atom is 0.408 e. The Balaban J connectivity index is 1.53. The maximum atomic E-state index is 13.8. The summed E-state index contributed by atoms with van der Waals surface area (Å²) in [6.45, 7) is 6.78. The van der Waals surface area contributed by atoms with Crippen LogP contribution in [0.15, 0.2) is 96.2 Å². The smallest absolute Gasteiger partial charge is 0.408 e. The predicted octanol–water partition coefficient (Wildman–Crippen LogP) is 4.54. The number of phenolic OH excluding ortho intramolecular Hbond substituents is 1. The Labute approximate surface area is 268 Å². The van der Waals surface area contributed by atoms with Crippen LogP contribution in [0, 0.1) is 0 Å². The number of aromatic hydroxyl groups is 1. The fraction of sp³-hybridized carbons (Fsp3) is 0.314. The number of likely N-dealkylation sites (tertiary alicyclic amines) is 1. The van der Waals surface area contributed by atoms with Crippen molar-refractivity contribution in [1.29, 1.82) is 0 Å². The van der Waals surface area contributed by atoms with Gasteiger partial charge in [-0.15, -0.1) is 0 Å². The van der Waals surface area contributed by atoms with Gasteiger partial charge in [0.15, 0.2) is 6.10 Å². The second kappa shape index (κ2) is 14.7. The molecule has 0 radical (unpaired) electrons. The van der Waals surface area contributed by atoms with E-state index in [9.17, 15) is 24.3 Å². The number of β-lactam (4-membered cyclic amide) rings is 1. The molecule has 1 heterocycles. The van der Waals surface area contributed by atoms with Crippen LogP contribution in [0.3, 0.4) is 0 Å². The number of hydrogen-bond acceptors (Lipinski definition) is 8. The highest BCUT2D eigenvalue weighted by molar-refractivity contribution is 6.01. The topological polar surface area (TPSA) is 144 Å². The molecule has 1 fully saturated rings. The van der Waals surface area contributed by atoms with Gasteiger partial charge < -0.3 is 34.9 Å². The van der Waals surface area contributed by atoms with Gasteiger partial charge >= 0.3 is 12.1 Å². The van der Waals surface area contributed by atoms with Crippen LogP contribution < -0.4 is 10.6 Å². The lowest BCUT2D eigenvalue weighted by molar-refractivity contribution is -0.153. The van der Waals surface area contributed by atoms with Crippen molar-refractivity contribution in [1.82, 2.24) is 15.5 Å². The van der Waals surface area contributed by atoms with Gasteiger partial charge in [-0.2, -0.15) is 0 Å². The third kappa shape index (κ3) is 8.51. The average molecular weight is 630 g/mol. The zero-order valence-corrected chi connectivity index (χ0v) is 26.5. The molecular formula is C35H39N3O8. The van der Waals surface area contributed by atoms with Gasteiger partial charge in [-0.1, -0.05) is 72.8 Å². The molecule has 1 aliphatic rings. The van der Waals surface area contributed by atoms with Gasteiger partial charge in [0.05, 0.1) is 13.2 Å². The Hall–Kier alpha value is -5.16. The Morgan fingerprint density at radius 1 is 0.913 bits per heavy atom. The fourth-order valence-corrected chi connectivity index (χ4v) is 4.93. The van der Waals surface area contributed by atoms with Crippen LogP contribution >= 0.6 is 0 Å². The summed E-state index contributed by atoms with van der Waals surface area (Å²) in [6, 6.07) is 22.0. The van der Waals surface area contributed by atoms with Crippen LogP contribution in [0.5, 0.6) is 5.75 Å². The Morgan fingerprint density at radius 2 is 1.48 bits per heavy atom. The van der Waals surface area contributed by atoms with Crippen molar-refractivity contribution in [3.05, 3.63) is 113 Å². The second-order valence-electron chi connectivity index (χ2n) is 11.8. The minimum absolute atomic E-state index is 0.0217. The molecule has 46 heavy (non-hydrogen) atoms. The number of ether oxygens (including phenoxy) is 3. The van der Waals surface area contributed by atoms with Crippen molar-refractivity contribution in [3.8, 4) is 5.75 Å². The van der Waals surface area contributed by atoms with Crippen molar-refractivity contribution in [2.24, 2.45) is 0 Å². The Bertz CT molecular complexity index is 1530. The normalized spacial score (nSPS) is 15.7. The molecular weight excluding hydrogens is 590 g/mol. The number of methoxy groups -OCH3 is 1. The van der Waals surface area contributed by atoms with Crippen LogP contribution in [0.4, 0.5) is 4.79 Å². The van der Waals surface area contributed by atoms with Crippen molar-refractivity contribution in [2.75, 3.05) is 20.3 Å². The van der Waals surface area contributed by atoms with Crippen LogP contribution in [-0.4, -0.2) is 65.8 Å². The molecule has 0 aromatic heterocycles. The van der Waals surface area contributed by atoms with Crippen molar-refractivity contribution in [3.63, 3.8) is 0 Å². The van der Waals surface area contributed by atoms with E-state index in [1.165, 1.54) is 36.3 Å².